The summed E-state index contributed by atoms with van der Waals surface area (Å²) >= 11 is 0. The molecule has 2 saturated heterocycles. The van der Waals surface area contributed by atoms with E-state index in [-0.39, 0.29) is 0 Å². The monoisotopic (exact) mass is 281 g/mol. The summed E-state index contributed by atoms with van der Waals surface area (Å²) in [4.78, 5) is 5.06. The van der Waals surface area contributed by atoms with Crippen molar-refractivity contribution in [3.63, 3.8) is 0 Å². The normalized spacial score (nSPS) is 35.1. The second kappa shape index (κ2) is 7.77. The maximum atomic E-state index is 3.88. The van der Waals surface area contributed by atoms with E-state index in [1.54, 1.807) is 0 Å². The van der Waals surface area contributed by atoms with Gasteiger partial charge in [-0.1, -0.05) is 6.42 Å². The lowest BCUT2D eigenvalue weighted by molar-refractivity contribution is 0.153. The molecule has 2 heterocycles. The van der Waals surface area contributed by atoms with Crippen molar-refractivity contribution in [1.29, 1.82) is 0 Å². The molecular formula is C17H35N3. The Bertz CT molecular complexity index is 281. The molecule has 0 amide bonds. The van der Waals surface area contributed by atoms with Crippen molar-refractivity contribution in [2.45, 2.75) is 83.0 Å². The molecule has 3 unspecified atom stereocenters. The van der Waals surface area contributed by atoms with Crippen LogP contribution in [0.1, 0.15) is 58.8 Å². The fourth-order valence-electron chi connectivity index (χ4n) is 3.88. The molecule has 2 rings (SSSR count). The van der Waals surface area contributed by atoms with Crippen LogP contribution < -0.4 is 5.32 Å². The van der Waals surface area contributed by atoms with Crippen LogP contribution in [0.4, 0.5) is 0 Å². The van der Waals surface area contributed by atoms with Crippen LogP contribution in [-0.2, 0) is 0 Å². The molecule has 2 aliphatic heterocycles. The molecule has 0 aliphatic carbocycles. The zero-order valence-corrected chi connectivity index (χ0v) is 14.1. The molecule has 0 radical (unpaired) electrons. The van der Waals surface area contributed by atoms with Crippen LogP contribution >= 0.6 is 0 Å². The van der Waals surface area contributed by atoms with Gasteiger partial charge in [-0.05, 0) is 79.6 Å². The molecule has 118 valence electrons. The van der Waals surface area contributed by atoms with Gasteiger partial charge in [0.25, 0.3) is 0 Å². The Kier molecular flexibility index (Phi) is 6.31. The Morgan fingerprint density at radius 1 is 1.10 bits per heavy atom. The van der Waals surface area contributed by atoms with Gasteiger partial charge < -0.3 is 15.1 Å². The van der Waals surface area contributed by atoms with Crippen molar-refractivity contribution >= 4 is 0 Å². The smallest absolute Gasteiger partial charge is 0.00964 e. The Morgan fingerprint density at radius 3 is 2.60 bits per heavy atom. The van der Waals surface area contributed by atoms with E-state index >= 15 is 0 Å². The van der Waals surface area contributed by atoms with E-state index in [9.17, 15) is 0 Å². The van der Waals surface area contributed by atoms with Crippen LogP contribution in [0, 0.1) is 0 Å². The summed E-state index contributed by atoms with van der Waals surface area (Å²) in [5.41, 5.74) is 0. The molecule has 3 heteroatoms. The van der Waals surface area contributed by atoms with Crippen LogP contribution in [0.15, 0.2) is 0 Å². The fraction of sp³-hybridized carbons (Fsp3) is 1.00. The molecule has 20 heavy (non-hydrogen) atoms. The number of nitrogens with zero attached hydrogens (tertiary/aromatic N) is 2. The topological polar surface area (TPSA) is 18.5 Å². The first-order valence-corrected chi connectivity index (χ1v) is 8.72. The predicted octanol–water partition coefficient (Wildman–Crippen LogP) is 2.71. The standard InChI is InChI=1S/C17H35N3/c1-14(8-9-17-7-5-6-11-20(17)4)18-16-10-12-19(3)15(2)13-16/h14-18H,5-13H2,1-4H3/t14?,15?,16?,17-/m0/s1. The number of hydrogen-bond acceptors (Lipinski definition) is 3. The molecule has 0 aromatic carbocycles. The number of hydrogen-bond donors (Lipinski definition) is 1. The highest BCUT2D eigenvalue weighted by molar-refractivity contribution is 4.83. The summed E-state index contributed by atoms with van der Waals surface area (Å²) in [6.45, 7) is 7.29. The van der Waals surface area contributed by atoms with Crippen molar-refractivity contribution in [1.82, 2.24) is 15.1 Å². The van der Waals surface area contributed by atoms with E-state index in [2.05, 4.69) is 43.1 Å². The SMILES string of the molecule is CC(CC[C@@H]1CCCCN1C)NC1CCN(C)C(C)C1. The van der Waals surface area contributed by atoms with Crippen molar-refractivity contribution in [2.75, 3.05) is 27.2 Å². The molecule has 1 N–H and O–H groups in total. The number of rotatable bonds is 5. The average Bonchev–Trinajstić information content (AvgIpc) is 2.42. The van der Waals surface area contributed by atoms with E-state index in [4.69, 9.17) is 0 Å². The molecule has 0 saturated carbocycles. The third kappa shape index (κ3) is 4.71. The van der Waals surface area contributed by atoms with Gasteiger partial charge in [0.1, 0.15) is 0 Å². The van der Waals surface area contributed by atoms with Gasteiger partial charge in [-0.25, -0.2) is 0 Å². The quantitative estimate of drug-likeness (QED) is 0.836. The maximum Gasteiger partial charge on any atom is 0.00964 e. The van der Waals surface area contributed by atoms with Gasteiger partial charge in [0.15, 0.2) is 0 Å². The van der Waals surface area contributed by atoms with E-state index < -0.39 is 0 Å². The summed E-state index contributed by atoms with van der Waals surface area (Å²) in [6, 6.07) is 2.98. The summed E-state index contributed by atoms with van der Waals surface area (Å²) < 4.78 is 0. The molecule has 0 spiro atoms. The highest BCUT2D eigenvalue weighted by Crippen LogP contribution is 2.21. The number of likely N-dealkylation sites (tertiary alicyclic amines) is 2. The molecule has 4 atom stereocenters. The molecular weight excluding hydrogens is 246 g/mol. The largest absolute Gasteiger partial charge is 0.311 e. The minimum atomic E-state index is 0.672. The molecule has 0 bridgehead atoms. The van der Waals surface area contributed by atoms with Gasteiger partial charge in [0, 0.05) is 24.2 Å². The van der Waals surface area contributed by atoms with Gasteiger partial charge in [-0.15, -0.1) is 0 Å². The summed E-state index contributed by atoms with van der Waals surface area (Å²) in [5, 5.41) is 3.88. The van der Waals surface area contributed by atoms with Crippen LogP contribution in [-0.4, -0.2) is 61.2 Å². The predicted molar refractivity (Wildman–Crippen MR) is 87.2 cm³/mol. The van der Waals surface area contributed by atoms with Crippen LogP contribution in [0.3, 0.4) is 0 Å². The fourth-order valence-corrected chi connectivity index (χ4v) is 3.88. The lowest BCUT2D eigenvalue weighted by Crippen LogP contribution is -2.48. The van der Waals surface area contributed by atoms with Crippen molar-refractivity contribution in [3.8, 4) is 0 Å². The zero-order valence-electron chi connectivity index (χ0n) is 14.1. The van der Waals surface area contributed by atoms with E-state index in [0.29, 0.717) is 6.04 Å². The maximum absolute atomic E-state index is 3.88. The summed E-state index contributed by atoms with van der Waals surface area (Å²) in [5.74, 6) is 0. The van der Waals surface area contributed by atoms with E-state index in [1.807, 2.05) is 0 Å². The van der Waals surface area contributed by atoms with Crippen molar-refractivity contribution in [2.24, 2.45) is 0 Å². The van der Waals surface area contributed by atoms with Crippen LogP contribution in [0.2, 0.25) is 0 Å². The second-order valence-corrected chi connectivity index (χ2v) is 7.33. The molecule has 0 aromatic heterocycles. The molecule has 3 nitrogen and oxygen atoms in total. The zero-order chi connectivity index (χ0) is 14.5. The Labute approximate surface area is 126 Å². The van der Waals surface area contributed by atoms with Crippen molar-refractivity contribution < 1.29 is 0 Å². The highest BCUT2D eigenvalue weighted by Gasteiger charge is 2.24. The minimum absolute atomic E-state index is 0.672. The Morgan fingerprint density at radius 2 is 1.90 bits per heavy atom. The molecule has 2 fully saturated rings. The molecule has 2 aliphatic rings. The molecule has 0 aromatic rings. The first-order valence-electron chi connectivity index (χ1n) is 8.72. The van der Waals surface area contributed by atoms with Gasteiger partial charge in [-0.2, -0.15) is 0 Å². The Hall–Kier alpha value is -0.120. The number of nitrogens with one attached hydrogen (secondary N) is 1. The van der Waals surface area contributed by atoms with Gasteiger partial charge >= 0.3 is 0 Å². The van der Waals surface area contributed by atoms with Crippen molar-refractivity contribution in [3.05, 3.63) is 0 Å². The number of piperidine rings is 2. The first kappa shape index (κ1) is 16.3. The third-order valence-electron chi connectivity index (χ3n) is 5.58. The second-order valence-electron chi connectivity index (χ2n) is 7.33. The van der Waals surface area contributed by atoms with E-state index in [1.165, 1.54) is 58.0 Å². The lowest BCUT2D eigenvalue weighted by atomic mass is 9.95. The lowest BCUT2D eigenvalue weighted by Gasteiger charge is -2.37. The van der Waals surface area contributed by atoms with Gasteiger partial charge in [0.2, 0.25) is 0 Å². The minimum Gasteiger partial charge on any atom is -0.311 e. The van der Waals surface area contributed by atoms with Crippen LogP contribution in [0.5, 0.6) is 0 Å². The summed E-state index contributed by atoms with van der Waals surface area (Å²) in [6.07, 6.45) is 9.56. The first-order chi connectivity index (χ1) is 9.56. The van der Waals surface area contributed by atoms with Gasteiger partial charge in [0.05, 0.1) is 0 Å². The third-order valence-corrected chi connectivity index (χ3v) is 5.58. The Balaban J connectivity index is 1.66. The summed E-state index contributed by atoms with van der Waals surface area (Å²) in [7, 11) is 4.56. The van der Waals surface area contributed by atoms with Gasteiger partial charge in [-0.3, -0.25) is 0 Å². The van der Waals surface area contributed by atoms with Crippen LogP contribution in [0.25, 0.3) is 0 Å². The average molecular weight is 281 g/mol. The van der Waals surface area contributed by atoms with E-state index in [0.717, 1.165) is 18.1 Å². The highest BCUT2D eigenvalue weighted by atomic mass is 15.1.